The summed E-state index contributed by atoms with van der Waals surface area (Å²) in [6.07, 6.45) is 9.17. The quantitative estimate of drug-likeness (QED) is 0.476. The number of aliphatic carboxylic acids is 1. The average molecular weight is 434 g/mol. The number of thioether (sulfide) groups is 1. The fourth-order valence-electron chi connectivity index (χ4n) is 3.04. The second-order valence-corrected chi connectivity index (χ2v) is 7.71. The highest BCUT2D eigenvalue weighted by Gasteiger charge is 2.28. The van der Waals surface area contributed by atoms with Gasteiger partial charge in [0.05, 0.1) is 11.4 Å². The first-order chi connectivity index (χ1) is 12.6. The second kappa shape index (κ2) is 8.22. The van der Waals surface area contributed by atoms with Crippen LogP contribution in [0.25, 0.3) is 11.8 Å². The number of hydrogen-bond donors (Lipinski definition) is 1. The zero-order valence-electron chi connectivity index (χ0n) is 14.5. The summed E-state index contributed by atoms with van der Waals surface area (Å²) in [7, 11) is 0. The number of carbonyl (C=O) groups is 1. The molecule has 1 fully saturated rings. The molecule has 2 aromatic rings. The first kappa shape index (κ1) is 18.9. The molecule has 0 bridgehead atoms. The highest BCUT2D eigenvalue weighted by molar-refractivity contribution is 9.10. The van der Waals surface area contributed by atoms with Crippen LogP contribution in [0.15, 0.2) is 40.8 Å². The molecule has 0 atom stereocenters. The Kier molecular flexibility index (Phi) is 5.98. The molecule has 1 saturated carbocycles. The lowest BCUT2D eigenvalue weighted by atomic mass is 9.94. The number of benzene rings is 1. The predicted octanol–water partition coefficient (Wildman–Crippen LogP) is 4.85. The summed E-state index contributed by atoms with van der Waals surface area (Å²) in [5, 5.41) is 17.8. The number of rotatable bonds is 8. The molecule has 7 heteroatoms. The number of hydrogen-bond acceptors (Lipinski definition) is 4. The standard InChI is InChI=1S/C19H20BrN3O2S/c1-3-5-6-15-13(4-2)16(10-9-14(15)12-7-8-12)23-18(20)21-22-19(23)26-11-17(24)25/h3,5-6,9-10,12H,1,4,7-8,11H2,2H3,(H,24,25)/b6-5-. The third-order valence-corrected chi connectivity index (χ3v) is 5.72. The minimum absolute atomic E-state index is 0.0596. The smallest absolute Gasteiger partial charge is 0.313 e. The normalized spacial score (nSPS) is 14.1. The van der Waals surface area contributed by atoms with Crippen LogP contribution in [0.4, 0.5) is 0 Å². The summed E-state index contributed by atoms with van der Waals surface area (Å²) < 4.78 is 2.45. The Bertz CT molecular complexity index is 872. The number of halogens is 1. The lowest BCUT2D eigenvalue weighted by Crippen LogP contribution is -2.07. The molecule has 1 aliphatic rings. The van der Waals surface area contributed by atoms with Gasteiger partial charge < -0.3 is 5.11 Å². The van der Waals surface area contributed by atoms with Crippen LogP contribution in [-0.2, 0) is 11.2 Å². The highest BCUT2D eigenvalue weighted by atomic mass is 79.9. The summed E-state index contributed by atoms with van der Waals surface area (Å²) in [4.78, 5) is 10.9. The lowest BCUT2D eigenvalue weighted by Gasteiger charge is -2.18. The SMILES string of the molecule is C=C/C=C\c1c(C2CC2)ccc(-n2c(Br)nnc2SCC(=O)O)c1CC. The van der Waals surface area contributed by atoms with Crippen LogP contribution in [0.3, 0.4) is 0 Å². The van der Waals surface area contributed by atoms with Gasteiger partial charge in [-0.05, 0) is 63.9 Å². The van der Waals surface area contributed by atoms with E-state index in [4.69, 9.17) is 5.11 Å². The molecule has 1 aromatic carbocycles. The summed E-state index contributed by atoms with van der Waals surface area (Å²) in [6, 6.07) is 4.27. The zero-order chi connectivity index (χ0) is 18.7. The molecule has 136 valence electrons. The summed E-state index contributed by atoms with van der Waals surface area (Å²) in [5.74, 6) is -0.310. The molecular formula is C19H20BrN3O2S. The number of carboxylic acid groups (broad SMARTS) is 1. The third kappa shape index (κ3) is 3.94. The van der Waals surface area contributed by atoms with E-state index in [1.807, 2.05) is 10.6 Å². The summed E-state index contributed by atoms with van der Waals surface area (Å²) in [5.41, 5.74) is 4.77. The van der Waals surface area contributed by atoms with E-state index in [1.165, 1.54) is 29.5 Å². The monoisotopic (exact) mass is 433 g/mol. The van der Waals surface area contributed by atoms with Gasteiger partial charge in [0, 0.05) is 0 Å². The number of carboxylic acids is 1. The van der Waals surface area contributed by atoms with Gasteiger partial charge in [0.2, 0.25) is 4.73 Å². The predicted molar refractivity (Wildman–Crippen MR) is 108 cm³/mol. The Balaban J connectivity index is 2.14. The van der Waals surface area contributed by atoms with Gasteiger partial charge in [-0.3, -0.25) is 9.36 Å². The average Bonchev–Trinajstić information content (AvgIpc) is 3.40. The van der Waals surface area contributed by atoms with Crippen LogP contribution in [0, 0.1) is 0 Å². The minimum atomic E-state index is -0.880. The van der Waals surface area contributed by atoms with Crippen LogP contribution < -0.4 is 0 Å². The molecule has 26 heavy (non-hydrogen) atoms. The summed E-state index contributed by atoms with van der Waals surface area (Å²) in [6.45, 7) is 5.91. The van der Waals surface area contributed by atoms with Crippen molar-refractivity contribution in [2.24, 2.45) is 0 Å². The number of allylic oxidation sites excluding steroid dienone is 2. The fraction of sp³-hybridized carbons (Fsp3) is 0.316. The maximum Gasteiger partial charge on any atom is 0.313 e. The second-order valence-electron chi connectivity index (χ2n) is 6.06. The van der Waals surface area contributed by atoms with Gasteiger partial charge in [-0.2, -0.15) is 0 Å². The maximum atomic E-state index is 10.9. The Morgan fingerprint density at radius 1 is 1.46 bits per heavy atom. The van der Waals surface area contributed by atoms with E-state index < -0.39 is 5.97 Å². The van der Waals surface area contributed by atoms with Gasteiger partial charge in [0.1, 0.15) is 0 Å². The van der Waals surface area contributed by atoms with Crippen molar-refractivity contribution in [1.29, 1.82) is 0 Å². The zero-order valence-corrected chi connectivity index (χ0v) is 16.9. The molecule has 1 aromatic heterocycles. The molecule has 5 nitrogen and oxygen atoms in total. The largest absolute Gasteiger partial charge is 0.481 e. The molecule has 1 aliphatic carbocycles. The molecule has 1 N–H and O–H groups in total. The summed E-state index contributed by atoms with van der Waals surface area (Å²) >= 11 is 4.62. The van der Waals surface area contributed by atoms with Gasteiger partial charge in [-0.1, -0.05) is 49.6 Å². The van der Waals surface area contributed by atoms with E-state index in [9.17, 15) is 4.79 Å². The van der Waals surface area contributed by atoms with Gasteiger partial charge in [-0.15, -0.1) is 10.2 Å². The van der Waals surface area contributed by atoms with Gasteiger partial charge in [0.15, 0.2) is 5.16 Å². The Hall–Kier alpha value is -1.86. The molecule has 1 heterocycles. The molecule has 0 amide bonds. The van der Waals surface area contributed by atoms with Crippen LogP contribution in [0.1, 0.15) is 42.4 Å². The van der Waals surface area contributed by atoms with E-state index in [0.29, 0.717) is 15.8 Å². The van der Waals surface area contributed by atoms with Crippen LogP contribution in [-0.4, -0.2) is 31.6 Å². The van der Waals surface area contributed by atoms with Crippen molar-refractivity contribution in [2.75, 3.05) is 5.75 Å². The Morgan fingerprint density at radius 3 is 2.85 bits per heavy atom. The minimum Gasteiger partial charge on any atom is -0.481 e. The van der Waals surface area contributed by atoms with Crippen molar-refractivity contribution in [1.82, 2.24) is 14.8 Å². The van der Waals surface area contributed by atoms with Crippen molar-refractivity contribution in [3.63, 3.8) is 0 Å². The highest BCUT2D eigenvalue weighted by Crippen LogP contribution is 2.44. The van der Waals surface area contributed by atoms with E-state index in [1.54, 1.807) is 6.08 Å². The van der Waals surface area contributed by atoms with Crippen molar-refractivity contribution in [3.8, 4) is 5.69 Å². The van der Waals surface area contributed by atoms with Gasteiger partial charge >= 0.3 is 5.97 Å². The van der Waals surface area contributed by atoms with Crippen molar-refractivity contribution in [2.45, 2.75) is 37.3 Å². The third-order valence-electron chi connectivity index (χ3n) is 4.30. The first-order valence-corrected chi connectivity index (χ1v) is 10.2. The molecule has 0 radical (unpaired) electrons. The van der Waals surface area contributed by atoms with Crippen LogP contribution in [0.2, 0.25) is 0 Å². The Morgan fingerprint density at radius 2 is 2.23 bits per heavy atom. The van der Waals surface area contributed by atoms with Gasteiger partial charge in [0.25, 0.3) is 0 Å². The molecule has 0 spiro atoms. The topological polar surface area (TPSA) is 68.0 Å². The van der Waals surface area contributed by atoms with Crippen molar-refractivity contribution < 1.29 is 9.90 Å². The molecule has 3 rings (SSSR count). The van der Waals surface area contributed by atoms with Crippen LogP contribution in [0.5, 0.6) is 0 Å². The molecule has 0 saturated heterocycles. The lowest BCUT2D eigenvalue weighted by molar-refractivity contribution is -0.133. The van der Waals surface area contributed by atoms with E-state index in [-0.39, 0.29) is 5.75 Å². The molecular weight excluding hydrogens is 414 g/mol. The number of aromatic nitrogens is 3. The molecule has 0 unspecified atom stereocenters. The van der Waals surface area contributed by atoms with E-state index in [0.717, 1.165) is 23.9 Å². The Labute approximate surface area is 165 Å². The maximum absolute atomic E-state index is 10.9. The number of nitrogens with zero attached hydrogens (tertiary/aromatic N) is 3. The van der Waals surface area contributed by atoms with Crippen molar-refractivity contribution in [3.05, 3.63) is 52.3 Å². The molecule has 0 aliphatic heterocycles. The van der Waals surface area contributed by atoms with Crippen molar-refractivity contribution >= 4 is 39.7 Å². The van der Waals surface area contributed by atoms with E-state index >= 15 is 0 Å². The first-order valence-electron chi connectivity index (χ1n) is 8.47. The van der Waals surface area contributed by atoms with Crippen LogP contribution >= 0.6 is 27.7 Å². The van der Waals surface area contributed by atoms with Gasteiger partial charge in [-0.25, -0.2) is 0 Å². The fourth-order valence-corrected chi connectivity index (χ4v) is 4.26. The van der Waals surface area contributed by atoms with E-state index in [2.05, 4.69) is 57.8 Å².